The fraction of sp³-hybridized carbons (Fsp3) is 0.0667. The molecule has 3 rings (SSSR count). The highest BCUT2D eigenvalue weighted by molar-refractivity contribution is 5.42. The van der Waals surface area contributed by atoms with E-state index in [1.54, 1.807) is 16.9 Å². The molecule has 3 aromatic rings. The zero-order valence-electron chi connectivity index (χ0n) is 11.6. The van der Waals surface area contributed by atoms with Crippen LogP contribution in [-0.2, 0) is 6.54 Å². The van der Waals surface area contributed by atoms with Crippen LogP contribution in [0.2, 0.25) is 0 Å². The summed E-state index contributed by atoms with van der Waals surface area (Å²) in [5.74, 6) is 0.593. The summed E-state index contributed by atoms with van der Waals surface area (Å²) >= 11 is 0. The Labute approximate surface area is 126 Å². The van der Waals surface area contributed by atoms with Crippen LogP contribution in [0.15, 0.2) is 61.1 Å². The molecule has 7 heteroatoms. The highest BCUT2D eigenvalue weighted by Crippen LogP contribution is 2.14. The summed E-state index contributed by atoms with van der Waals surface area (Å²) < 4.78 is 1.79. The summed E-state index contributed by atoms with van der Waals surface area (Å²) in [6.45, 7) is 0.569. The number of rotatable bonds is 5. The first-order valence-corrected chi connectivity index (χ1v) is 6.66. The maximum atomic E-state index is 10.6. The van der Waals surface area contributed by atoms with E-state index in [2.05, 4.69) is 15.4 Å². The Balaban J connectivity index is 1.69. The normalized spacial score (nSPS) is 10.4. The molecule has 0 atom stereocenters. The van der Waals surface area contributed by atoms with E-state index in [9.17, 15) is 10.1 Å². The molecule has 0 fully saturated rings. The Hall–Kier alpha value is -3.22. The van der Waals surface area contributed by atoms with Crippen molar-refractivity contribution in [3.05, 3.63) is 76.7 Å². The number of nitro groups is 1. The highest BCUT2D eigenvalue weighted by atomic mass is 16.6. The summed E-state index contributed by atoms with van der Waals surface area (Å²) in [5.41, 5.74) is 2.01. The fourth-order valence-electron chi connectivity index (χ4n) is 2.02. The molecular formula is C15H13N5O2. The van der Waals surface area contributed by atoms with Crippen LogP contribution in [0.1, 0.15) is 5.56 Å². The molecule has 22 heavy (non-hydrogen) atoms. The van der Waals surface area contributed by atoms with Crippen LogP contribution in [0.3, 0.4) is 0 Å². The number of pyridine rings is 1. The first-order chi connectivity index (χ1) is 10.7. The van der Waals surface area contributed by atoms with Gasteiger partial charge in [-0.15, -0.1) is 0 Å². The summed E-state index contributed by atoms with van der Waals surface area (Å²) in [5, 5.41) is 17.9. The molecule has 0 spiro atoms. The molecule has 0 radical (unpaired) electrons. The summed E-state index contributed by atoms with van der Waals surface area (Å²) in [7, 11) is 0. The maximum Gasteiger partial charge on any atom is 0.287 e. The Bertz CT molecular complexity index is 769. The van der Waals surface area contributed by atoms with Crippen LogP contribution in [-0.4, -0.2) is 19.7 Å². The quantitative estimate of drug-likeness (QED) is 0.578. The van der Waals surface area contributed by atoms with E-state index in [0.717, 1.165) is 11.3 Å². The molecule has 0 unspecified atom stereocenters. The van der Waals surface area contributed by atoms with Gasteiger partial charge in [0, 0.05) is 25.0 Å². The van der Waals surface area contributed by atoms with Crippen molar-refractivity contribution >= 4 is 11.5 Å². The van der Waals surface area contributed by atoms with E-state index >= 15 is 0 Å². The summed E-state index contributed by atoms with van der Waals surface area (Å²) in [6, 6.07) is 12.8. The lowest BCUT2D eigenvalue weighted by atomic mass is 10.2. The fourth-order valence-corrected chi connectivity index (χ4v) is 2.02. The first-order valence-electron chi connectivity index (χ1n) is 6.66. The van der Waals surface area contributed by atoms with E-state index in [4.69, 9.17) is 0 Å². The van der Waals surface area contributed by atoms with Gasteiger partial charge in [-0.3, -0.25) is 10.1 Å². The van der Waals surface area contributed by atoms with Gasteiger partial charge in [0.1, 0.15) is 12.0 Å². The minimum Gasteiger partial charge on any atom is -0.366 e. The smallest absolute Gasteiger partial charge is 0.287 e. The van der Waals surface area contributed by atoms with Crippen molar-refractivity contribution in [2.45, 2.75) is 6.54 Å². The van der Waals surface area contributed by atoms with Gasteiger partial charge in [-0.25, -0.2) is 9.67 Å². The van der Waals surface area contributed by atoms with E-state index in [1.165, 1.54) is 12.3 Å². The van der Waals surface area contributed by atoms with Crippen LogP contribution in [0.25, 0.3) is 5.69 Å². The van der Waals surface area contributed by atoms with Gasteiger partial charge in [0.25, 0.3) is 5.69 Å². The Kier molecular flexibility index (Phi) is 3.78. The Morgan fingerprint density at radius 1 is 1.23 bits per heavy atom. The van der Waals surface area contributed by atoms with Crippen LogP contribution < -0.4 is 5.32 Å². The molecule has 7 nitrogen and oxygen atoms in total. The van der Waals surface area contributed by atoms with E-state index in [1.807, 2.05) is 36.5 Å². The van der Waals surface area contributed by atoms with E-state index in [0.29, 0.717) is 12.4 Å². The number of benzene rings is 1. The second-order valence-electron chi connectivity index (χ2n) is 4.63. The molecule has 0 aliphatic heterocycles. The SMILES string of the molecule is O=[N+]([O-])c1ccc(NCc2cccc(-n3cccn3)c2)nc1. The standard InChI is InChI=1S/C15H13N5O2/c21-20(22)14-5-6-15(17-11-14)16-10-12-3-1-4-13(9-12)19-8-2-7-18-19/h1-9,11H,10H2,(H,16,17). The third kappa shape index (κ3) is 3.09. The Morgan fingerprint density at radius 2 is 2.14 bits per heavy atom. The number of hydrogen-bond acceptors (Lipinski definition) is 5. The van der Waals surface area contributed by atoms with Crippen molar-refractivity contribution in [2.75, 3.05) is 5.32 Å². The molecule has 0 aliphatic carbocycles. The number of aromatic nitrogens is 3. The van der Waals surface area contributed by atoms with Gasteiger partial charge in [-0.2, -0.15) is 5.10 Å². The monoisotopic (exact) mass is 295 g/mol. The van der Waals surface area contributed by atoms with Crippen molar-refractivity contribution in [3.8, 4) is 5.69 Å². The number of hydrogen-bond donors (Lipinski definition) is 1. The zero-order valence-corrected chi connectivity index (χ0v) is 11.6. The van der Waals surface area contributed by atoms with Crippen LogP contribution in [0, 0.1) is 10.1 Å². The summed E-state index contributed by atoms with van der Waals surface area (Å²) in [6.07, 6.45) is 4.85. The Morgan fingerprint density at radius 3 is 2.82 bits per heavy atom. The van der Waals surface area contributed by atoms with Crippen molar-refractivity contribution in [3.63, 3.8) is 0 Å². The minimum absolute atomic E-state index is 0.0220. The second-order valence-corrected chi connectivity index (χ2v) is 4.63. The molecular weight excluding hydrogens is 282 g/mol. The number of anilines is 1. The number of nitrogens with one attached hydrogen (secondary N) is 1. The third-order valence-electron chi connectivity index (χ3n) is 3.11. The molecule has 0 saturated carbocycles. The summed E-state index contributed by atoms with van der Waals surface area (Å²) in [4.78, 5) is 14.1. The topological polar surface area (TPSA) is 85.9 Å². The van der Waals surface area contributed by atoms with Gasteiger partial charge in [0.15, 0.2) is 0 Å². The van der Waals surface area contributed by atoms with Crippen molar-refractivity contribution in [1.82, 2.24) is 14.8 Å². The lowest BCUT2D eigenvalue weighted by Gasteiger charge is -2.07. The molecule has 110 valence electrons. The van der Waals surface area contributed by atoms with Gasteiger partial charge in [0.05, 0.1) is 10.6 Å². The molecule has 2 heterocycles. The first kappa shape index (κ1) is 13.7. The van der Waals surface area contributed by atoms with Crippen molar-refractivity contribution in [1.29, 1.82) is 0 Å². The molecule has 1 aromatic carbocycles. The highest BCUT2D eigenvalue weighted by Gasteiger charge is 2.05. The average Bonchev–Trinajstić information content (AvgIpc) is 3.08. The molecule has 0 amide bonds. The van der Waals surface area contributed by atoms with Crippen molar-refractivity contribution < 1.29 is 4.92 Å². The third-order valence-corrected chi connectivity index (χ3v) is 3.11. The minimum atomic E-state index is -0.468. The molecule has 0 saturated heterocycles. The lowest BCUT2D eigenvalue weighted by Crippen LogP contribution is -2.03. The van der Waals surface area contributed by atoms with Crippen molar-refractivity contribution in [2.24, 2.45) is 0 Å². The van der Waals surface area contributed by atoms with Gasteiger partial charge >= 0.3 is 0 Å². The van der Waals surface area contributed by atoms with E-state index < -0.39 is 4.92 Å². The number of nitrogens with zero attached hydrogens (tertiary/aromatic N) is 4. The van der Waals surface area contributed by atoms with Gasteiger partial charge in [0.2, 0.25) is 0 Å². The average molecular weight is 295 g/mol. The van der Waals surface area contributed by atoms with Crippen LogP contribution in [0.4, 0.5) is 11.5 Å². The lowest BCUT2D eigenvalue weighted by molar-refractivity contribution is -0.385. The van der Waals surface area contributed by atoms with Crippen LogP contribution >= 0.6 is 0 Å². The zero-order chi connectivity index (χ0) is 15.4. The molecule has 0 bridgehead atoms. The molecule has 1 N–H and O–H groups in total. The van der Waals surface area contributed by atoms with Gasteiger partial charge in [-0.05, 0) is 29.8 Å². The maximum absolute atomic E-state index is 10.6. The largest absolute Gasteiger partial charge is 0.366 e. The second kappa shape index (κ2) is 6.04. The molecule has 0 aliphatic rings. The molecule has 2 aromatic heterocycles. The van der Waals surface area contributed by atoms with Crippen LogP contribution in [0.5, 0.6) is 0 Å². The van der Waals surface area contributed by atoms with E-state index in [-0.39, 0.29) is 5.69 Å². The van der Waals surface area contributed by atoms with Gasteiger partial charge in [-0.1, -0.05) is 12.1 Å². The van der Waals surface area contributed by atoms with Gasteiger partial charge < -0.3 is 5.32 Å². The predicted molar refractivity (Wildman–Crippen MR) is 81.8 cm³/mol. The predicted octanol–water partition coefficient (Wildman–Crippen LogP) is 2.79.